The molecule has 0 radical (unpaired) electrons. The van der Waals surface area contributed by atoms with Crippen molar-refractivity contribution in [2.45, 2.75) is 59.5 Å². The van der Waals surface area contributed by atoms with Gasteiger partial charge in [-0.15, -0.1) is 0 Å². The molecule has 2 nitrogen and oxygen atoms in total. The maximum absolute atomic E-state index is 11.8. The number of carbonyl (C=O) groups is 1. The quantitative estimate of drug-likeness (QED) is 0.515. The first-order valence-corrected chi connectivity index (χ1v) is 5.80. The van der Waals surface area contributed by atoms with Gasteiger partial charge in [0.1, 0.15) is 5.60 Å². The first kappa shape index (κ1) is 12.3. The SMILES string of the molecule is CCC(C)C1(C)CCC(=C(C)C)C(=O)O1. The van der Waals surface area contributed by atoms with Crippen LogP contribution in [-0.2, 0) is 9.53 Å². The van der Waals surface area contributed by atoms with E-state index >= 15 is 0 Å². The summed E-state index contributed by atoms with van der Waals surface area (Å²) in [6, 6.07) is 0. The van der Waals surface area contributed by atoms with Crippen molar-refractivity contribution in [1.29, 1.82) is 0 Å². The predicted octanol–water partition coefficient (Wildman–Crippen LogP) is 3.46. The first-order valence-electron chi connectivity index (χ1n) is 5.80. The minimum Gasteiger partial charge on any atom is -0.456 e. The van der Waals surface area contributed by atoms with E-state index in [2.05, 4.69) is 20.8 Å². The molecule has 1 rings (SSSR count). The van der Waals surface area contributed by atoms with Gasteiger partial charge in [-0.3, -0.25) is 0 Å². The molecule has 0 amide bonds. The third-order valence-corrected chi connectivity index (χ3v) is 3.70. The van der Waals surface area contributed by atoms with Crippen molar-refractivity contribution in [3.8, 4) is 0 Å². The number of hydrogen-bond donors (Lipinski definition) is 0. The maximum Gasteiger partial charge on any atom is 0.334 e. The van der Waals surface area contributed by atoms with Crippen LogP contribution in [0, 0.1) is 5.92 Å². The van der Waals surface area contributed by atoms with E-state index in [0.29, 0.717) is 5.92 Å². The van der Waals surface area contributed by atoms with Crippen molar-refractivity contribution in [2.75, 3.05) is 0 Å². The average molecular weight is 210 g/mol. The van der Waals surface area contributed by atoms with Crippen LogP contribution in [-0.4, -0.2) is 11.6 Å². The highest BCUT2D eigenvalue weighted by Crippen LogP contribution is 2.36. The van der Waals surface area contributed by atoms with E-state index in [9.17, 15) is 4.79 Å². The molecule has 0 aliphatic carbocycles. The smallest absolute Gasteiger partial charge is 0.334 e. The first-order chi connectivity index (χ1) is 6.90. The summed E-state index contributed by atoms with van der Waals surface area (Å²) in [6.45, 7) is 10.3. The van der Waals surface area contributed by atoms with E-state index in [1.165, 1.54) is 0 Å². The molecule has 86 valence electrons. The highest BCUT2D eigenvalue weighted by molar-refractivity contribution is 5.90. The van der Waals surface area contributed by atoms with Gasteiger partial charge in [-0.2, -0.15) is 0 Å². The molecule has 2 atom stereocenters. The molecule has 2 heteroatoms. The molecule has 1 fully saturated rings. The van der Waals surface area contributed by atoms with Crippen molar-refractivity contribution in [3.05, 3.63) is 11.1 Å². The maximum atomic E-state index is 11.8. The summed E-state index contributed by atoms with van der Waals surface area (Å²) in [5, 5.41) is 0. The van der Waals surface area contributed by atoms with E-state index in [0.717, 1.165) is 30.4 Å². The Hall–Kier alpha value is -0.790. The zero-order valence-corrected chi connectivity index (χ0v) is 10.5. The molecule has 0 spiro atoms. The minimum atomic E-state index is -0.259. The van der Waals surface area contributed by atoms with Crippen LogP contribution in [0.2, 0.25) is 0 Å². The van der Waals surface area contributed by atoms with Crippen LogP contribution in [0.15, 0.2) is 11.1 Å². The molecule has 0 saturated carbocycles. The molecule has 0 N–H and O–H groups in total. The van der Waals surface area contributed by atoms with Crippen molar-refractivity contribution in [3.63, 3.8) is 0 Å². The van der Waals surface area contributed by atoms with Crippen molar-refractivity contribution in [1.82, 2.24) is 0 Å². The van der Waals surface area contributed by atoms with Gasteiger partial charge in [-0.1, -0.05) is 19.4 Å². The fourth-order valence-corrected chi connectivity index (χ4v) is 2.03. The highest BCUT2D eigenvalue weighted by Gasteiger charge is 2.39. The van der Waals surface area contributed by atoms with Gasteiger partial charge in [0.05, 0.1) is 0 Å². The van der Waals surface area contributed by atoms with Gasteiger partial charge in [0.15, 0.2) is 0 Å². The van der Waals surface area contributed by atoms with Crippen LogP contribution in [0.3, 0.4) is 0 Å². The van der Waals surface area contributed by atoms with Crippen LogP contribution < -0.4 is 0 Å². The van der Waals surface area contributed by atoms with Crippen molar-refractivity contribution < 1.29 is 9.53 Å². The molecule has 0 aromatic carbocycles. The van der Waals surface area contributed by atoms with Gasteiger partial charge < -0.3 is 4.74 Å². The van der Waals surface area contributed by atoms with Gasteiger partial charge in [-0.05, 0) is 46.0 Å². The largest absolute Gasteiger partial charge is 0.456 e. The Kier molecular flexibility index (Phi) is 3.58. The molecule has 2 unspecified atom stereocenters. The number of allylic oxidation sites excluding steroid dienone is 1. The van der Waals surface area contributed by atoms with Crippen molar-refractivity contribution >= 4 is 5.97 Å². The summed E-state index contributed by atoms with van der Waals surface area (Å²) in [7, 11) is 0. The fourth-order valence-electron chi connectivity index (χ4n) is 2.03. The molecular formula is C13H22O2. The second-order valence-corrected chi connectivity index (χ2v) is 4.99. The van der Waals surface area contributed by atoms with Crippen LogP contribution in [0.4, 0.5) is 0 Å². The summed E-state index contributed by atoms with van der Waals surface area (Å²) in [5.41, 5.74) is 1.70. The van der Waals surface area contributed by atoms with Gasteiger partial charge in [0, 0.05) is 5.57 Å². The molecular weight excluding hydrogens is 188 g/mol. The molecule has 15 heavy (non-hydrogen) atoms. The summed E-state index contributed by atoms with van der Waals surface area (Å²) in [5.74, 6) is 0.323. The van der Waals surface area contributed by atoms with Crippen LogP contribution >= 0.6 is 0 Å². The molecule has 1 heterocycles. The second-order valence-electron chi connectivity index (χ2n) is 4.99. The molecule has 1 saturated heterocycles. The van der Waals surface area contributed by atoms with E-state index in [1.54, 1.807) is 0 Å². The number of hydrogen-bond acceptors (Lipinski definition) is 2. The van der Waals surface area contributed by atoms with E-state index < -0.39 is 0 Å². The normalized spacial score (nSPS) is 28.6. The lowest BCUT2D eigenvalue weighted by Crippen LogP contribution is -2.42. The standard InChI is InChI=1S/C13H22O2/c1-6-10(4)13(5)8-7-11(9(2)3)12(14)15-13/h10H,6-8H2,1-5H3. The Morgan fingerprint density at radius 2 is 2.13 bits per heavy atom. The monoisotopic (exact) mass is 210 g/mol. The topological polar surface area (TPSA) is 26.3 Å². The average Bonchev–Trinajstić information content (AvgIpc) is 2.15. The Morgan fingerprint density at radius 1 is 1.53 bits per heavy atom. The lowest BCUT2D eigenvalue weighted by atomic mass is 9.81. The van der Waals surface area contributed by atoms with E-state index in [-0.39, 0.29) is 11.6 Å². The molecule has 0 aromatic rings. The molecule has 1 aliphatic heterocycles. The number of ether oxygens (including phenoxy) is 1. The zero-order valence-electron chi connectivity index (χ0n) is 10.5. The second kappa shape index (κ2) is 4.38. The van der Waals surface area contributed by atoms with E-state index in [4.69, 9.17) is 4.74 Å². The molecule has 0 bridgehead atoms. The Balaban J connectivity index is 2.82. The van der Waals surface area contributed by atoms with Crippen molar-refractivity contribution in [2.24, 2.45) is 5.92 Å². The number of carbonyl (C=O) groups excluding carboxylic acids is 1. The van der Waals surface area contributed by atoms with Crippen LogP contribution in [0.25, 0.3) is 0 Å². The van der Waals surface area contributed by atoms with Gasteiger partial charge in [0.25, 0.3) is 0 Å². The lowest BCUT2D eigenvalue weighted by Gasteiger charge is -2.39. The summed E-state index contributed by atoms with van der Waals surface area (Å²) in [6.07, 6.45) is 2.87. The number of rotatable bonds is 2. The highest BCUT2D eigenvalue weighted by atomic mass is 16.6. The van der Waals surface area contributed by atoms with Gasteiger partial charge >= 0.3 is 5.97 Å². The molecule has 0 aromatic heterocycles. The zero-order chi connectivity index (χ0) is 11.6. The predicted molar refractivity (Wildman–Crippen MR) is 61.6 cm³/mol. The third kappa shape index (κ3) is 2.42. The van der Waals surface area contributed by atoms with Crippen LogP contribution in [0.5, 0.6) is 0 Å². The Morgan fingerprint density at radius 3 is 2.53 bits per heavy atom. The number of cyclic esters (lactones) is 1. The summed E-state index contributed by atoms with van der Waals surface area (Å²) >= 11 is 0. The Bertz CT molecular complexity index is 287. The lowest BCUT2D eigenvalue weighted by molar-refractivity contribution is -0.164. The number of esters is 1. The molecule has 1 aliphatic rings. The van der Waals surface area contributed by atoms with Gasteiger partial charge in [0.2, 0.25) is 0 Å². The Labute approximate surface area is 92.7 Å². The van der Waals surface area contributed by atoms with E-state index in [1.807, 2.05) is 13.8 Å². The summed E-state index contributed by atoms with van der Waals surface area (Å²) < 4.78 is 5.60. The van der Waals surface area contributed by atoms with Gasteiger partial charge in [-0.25, -0.2) is 4.79 Å². The third-order valence-electron chi connectivity index (χ3n) is 3.70. The van der Waals surface area contributed by atoms with Crippen LogP contribution in [0.1, 0.15) is 53.9 Å². The minimum absolute atomic E-state index is 0.107. The summed E-state index contributed by atoms with van der Waals surface area (Å²) in [4.78, 5) is 11.8. The fraction of sp³-hybridized carbons (Fsp3) is 0.769.